The fourth-order valence-corrected chi connectivity index (χ4v) is 1.98. The molecule has 3 nitrogen and oxygen atoms in total. The minimum Gasteiger partial charge on any atom is -0.497 e. The first kappa shape index (κ1) is 13.5. The molecule has 2 aromatic carbocycles. The summed E-state index contributed by atoms with van der Waals surface area (Å²) in [5.74, 6) is -0.326. The molecular formula is C14H11BrFNO2. The van der Waals surface area contributed by atoms with Crippen LogP contribution in [0.25, 0.3) is 0 Å². The standard InChI is InChI=1S/C14H11BrFNO2/c1-19-9-6-7-11(15)10(8-9)14(18)17-13-5-3-2-4-12(13)16/h2-8H,1H3,(H,17,18). The van der Waals surface area contributed by atoms with E-state index in [4.69, 9.17) is 4.74 Å². The summed E-state index contributed by atoms with van der Waals surface area (Å²) in [6.45, 7) is 0. The lowest BCUT2D eigenvalue weighted by atomic mass is 10.2. The van der Waals surface area contributed by atoms with Gasteiger partial charge in [0.1, 0.15) is 11.6 Å². The second kappa shape index (κ2) is 5.84. The molecule has 2 rings (SSSR count). The van der Waals surface area contributed by atoms with Crippen LogP contribution >= 0.6 is 15.9 Å². The molecule has 0 aliphatic carbocycles. The van der Waals surface area contributed by atoms with Gasteiger partial charge >= 0.3 is 0 Å². The highest BCUT2D eigenvalue weighted by atomic mass is 79.9. The second-order valence-electron chi connectivity index (χ2n) is 3.78. The van der Waals surface area contributed by atoms with Crippen LogP contribution in [0.4, 0.5) is 10.1 Å². The smallest absolute Gasteiger partial charge is 0.257 e. The van der Waals surface area contributed by atoms with E-state index in [1.165, 1.54) is 19.2 Å². The number of carbonyl (C=O) groups excluding carboxylic acids is 1. The van der Waals surface area contributed by atoms with Crippen LogP contribution in [-0.4, -0.2) is 13.0 Å². The molecule has 0 aromatic heterocycles. The molecule has 0 atom stereocenters. The molecule has 1 amide bonds. The maximum absolute atomic E-state index is 13.5. The fourth-order valence-electron chi connectivity index (χ4n) is 1.56. The molecule has 0 bridgehead atoms. The highest BCUT2D eigenvalue weighted by Crippen LogP contribution is 2.24. The molecule has 0 aliphatic heterocycles. The van der Waals surface area contributed by atoms with Crippen LogP contribution in [0.1, 0.15) is 10.4 Å². The second-order valence-corrected chi connectivity index (χ2v) is 4.63. The van der Waals surface area contributed by atoms with Gasteiger partial charge in [-0.1, -0.05) is 12.1 Å². The zero-order valence-electron chi connectivity index (χ0n) is 10.1. The first-order chi connectivity index (χ1) is 9.11. The van der Waals surface area contributed by atoms with Gasteiger partial charge in [0.15, 0.2) is 0 Å². The number of hydrogen-bond acceptors (Lipinski definition) is 2. The van der Waals surface area contributed by atoms with E-state index in [1.807, 2.05) is 0 Å². The summed E-state index contributed by atoms with van der Waals surface area (Å²) >= 11 is 3.28. The number of para-hydroxylation sites is 1. The van der Waals surface area contributed by atoms with E-state index in [0.29, 0.717) is 15.8 Å². The van der Waals surface area contributed by atoms with Gasteiger partial charge in [-0.25, -0.2) is 4.39 Å². The number of nitrogens with one attached hydrogen (secondary N) is 1. The van der Waals surface area contributed by atoms with Gasteiger partial charge in [0.25, 0.3) is 5.91 Å². The van der Waals surface area contributed by atoms with Crippen LogP contribution in [0.15, 0.2) is 46.9 Å². The van der Waals surface area contributed by atoms with Crippen molar-refractivity contribution in [1.29, 1.82) is 0 Å². The van der Waals surface area contributed by atoms with Crippen LogP contribution in [0.5, 0.6) is 5.75 Å². The van der Waals surface area contributed by atoms with Gasteiger partial charge in [-0.05, 0) is 46.3 Å². The quantitative estimate of drug-likeness (QED) is 0.931. The van der Waals surface area contributed by atoms with Crippen LogP contribution in [0.2, 0.25) is 0 Å². The van der Waals surface area contributed by atoms with Crippen molar-refractivity contribution in [3.63, 3.8) is 0 Å². The van der Waals surface area contributed by atoms with Crippen molar-refractivity contribution in [1.82, 2.24) is 0 Å². The molecule has 0 radical (unpaired) electrons. The van der Waals surface area contributed by atoms with Crippen molar-refractivity contribution in [3.8, 4) is 5.75 Å². The Labute approximate surface area is 118 Å². The van der Waals surface area contributed by atoms with E-state index < -0.39 is 11.7 Å². The zero-order chi connectivity index (χ0) is 13.8. The van der Waals surface area contributed by atoms with E-state index in [2.05, 4.69) is 21.2 Å². The van der Waals surface area contributed by atoms with Crippen LogP contribution in [-0.2, 0) is 0 Å². The molecule has 0 saturated carbocycles. The van der Waals surface area contributed by atoms with Crippen molar-refractivity contribution in [2.45, 2.75) is 0 Å². The molecule has 0 fully saturated rings. The number of anilines is 1. The number of halogens is 2. The van der Waals surface area contributed by atoms with E-state index in [-0.39, 0.29) is 5.69 Å². The first-order valence-corrected chi connectivity index (χ1v) is 6.30. The predicted molar refractivity (Wildman–Crippen MR) is 75.0 cm³/mol. The first-order valence-electron chi connectivity index (χ1n) is 5.51. The Hall–Kier alpha value is -1.88. The van der Waals surface area contributed by atoms with Crippen molar-refractivity contribution < 1.29 is 13.9 Å². The van der Waals surface area contributed by atoms with E-state index in [9.17, 15) is 9.18 Å². The van der Waals surface area contributed by atoms with Crippen molar-refractivity contribution >= 4 is 27.5 Å². The SMILES string of the molecule is COc1ccc(Br)c(C(=O)Nc2ccccc2F)c1. The third-order valence-corrected chi connectivity index (χ3v) is 3.23. The predicted octanol–water partition coefficient (Wildman–Crippen LogP) is 3.85. The number of rotatable bonds is 3. The average molecular weight is 324 g/mol. The van der Waals surface area contributed by atoms with Crippen LogP contribution < -0.4 is 10.1 Å². The van der Waals surface area contributed by atoms with E-state index >= 15 is 0 Å². The molecule has 2 aromatic rings. The Morgan fingerprint density at radius 3 is 2.68 bits per heavy atom. The lowest BCUT2D eigenvalue weighted by molar-refractivity contribution is 0.102. The zero-order valence-corrected chi connectivity index (χ0v) is 11.7. The third-order valence-electron chi connectivity index (χ3n) is 2.54. The summed E-state index contributed by atoms with van der Waals surface area (Å²) in [7, 11) is 1.52. The van der Waals surface area contributed by atoms with Crippen molar-refractivity contribution in [2.75, 3.05) is 12.4 Å². The summed E-state index contributed by atoms with van der Waals surface area (Å²) < 4.78 is 19.1. The van der Waals surface area contributed by atoms with Gasteiger partial charge in [-0.15, -0.1) is 0 Å². The molecule has 1 N–H and O–H groups in total. The Kier molecular flexibility index (Phi) is 4.16. The topological polar surface area (TPSA) is 38.3 Å². The van der Waals surface area contributed by atoms with Crippen LogP contribution in [0, 0.1) is 5.82 Å². The van der Waals surface area contributed by atoms with Gasteiger partial charge in [-0.2, -0.15) is 0 Å². The highest BCUT2D eigenvalue weighted by molar-refractivity contribution is 9.10. The van der Waals surface area contributed by atoms with Gasteiger partial charge in [-0.3, -0.25) is 4.79 Å². The largest absolute Gasteiger partial charge is 0.497 e. The van der Waals surface area contributed by atoms with E-state index in [1.54, 1.807) is 30.3 Å². The molecule has 0 spiro atoms. The highest BCUT2D eigenvalue weighted by Gasteiger charge is 2.13. The summed E-state index contributed by atoms with van der Waals surface area (Å²) in [6, 6.07) is 11.0. The summed E-state index contributed by atoms with van der Waals surface area (Å²) in [4.78, 5) is 12.1. The molecule has 19 heavy (non-hydrogen) atoms. The maximum atomic E-state index is 13.5. The molecular weight excluding hydrogens is 313 g/mol. The molecule has 0 unspecified atom stereocenters. The normalized spacial score (nSPS) is 10.1. The lowest BCUT2D eigenvalue weighted by Gasteiger charge is -2.09. The Bertz CT molecular complexity index is 616. The Morgan fingerprint density at radius 2 is 2.00 bits per heavy atom. The summed E-state index contributed by atoms with van der Waals surface area (Å²) in [6.07, 6.45) is 0. The van der Waals surface area contributed by atoms with E-state index in [0.717, 1.165) is 0 Å². The number of amides is 1. The minimum atomic E-state index is -0.477. The molecule has 0 saturated heterocycles. The number of benzene rings is 2. The Morgan fingerprint density at radius 1 is 1.26 bits per heavy atom. The van der Waals surface area contributed by atoms with Gasteiger partial charge in [0, 0.05) is 4.47 Å². The molecule has 5 heteroatoms. The molecule has 0 heterocycles. The molecule has 98 valence electrons. The van der Waals surface area contributed by atoms with Crippen LogP contribution in [0.3, 0.4) is 0 Å². The fraction of sp³-hybridized carbons (Fsp3) is 0.0714. The third kappa shape index (κ3) is 3.12. The van der Waals surface area contributed by atoms with Crippen molar-refractivity contribution in [3.05, 3.63) is 58.3 Å². The molecule has 0 aliphatic rings. The summed E-state index contributed by atoms with van der Waals surface area (Å²) in [5, 5.41) is 2.52. The number of ether oxygens (including phenoxy) is 1. The maximum Gasteiger partial charge on any atom is 0.257 e. The lowest BCUT2D eigenvalue weighted by Crippen LogP contribution is -2.13. The monoisotopic (exact) mass is 323 g/mol. The number of methoxy groups -OCH3 is 1. The van der Waals surface area contributed by atoms with Crippen molar-refractivity contribution in [2.24, 2.45) is 0 Å². The van der Waals surface area contributed by atoms with Gasteiger partial charge < -0.3 is 10.1 Å². The Balaban J connectivity index is 2.28. The number of hydrogen-bond donors (Lipinski definition) is 1. The van der Waals surface area contributed by atoms with Gasteiger partial charge in [0.2, 0.25) is 0 Å². The number of carbonyl (C=O) groups is 1. The van der Waals surface area contributed by atoms with Gasteiger partial charge in [0.05, 0.1) is 18.4 Å². The average Bonchev–Trinajstić information content (AvgIpc) is 2.42. The minimum absolute atomic E-state index is 0.141. The summed E-state index contributed by atoms with van der Waals surface area (Å²) in [5.41, 5.74) is 0.518.